The van der Waals surface area contributed by atoms with Gasteiger partial charge in [-0.05, 0) is 49.2 Å². The molecule has 4 heteroatoms. The molecule has 0 amide bonds. The Hall–Kier alpha value is -0.830. The van der Waals surface area contributed by atoms with Crippen molar-refractivity contribution in [1.82, 2.24) is 0 Å². The maximum Gasteiger partial charge on any atom is 0.0613 e. The van der Waals surface area contributed by atoms with Gasteiger partial charge in [-0.2, -0.15) is 0 Å². The zero-order chi connectivity index (χ0) is 13.3. The first-order chi connectivity index (χ1) is 8.47. The normalized spacial score (nSPS) is 10.7. The van der Waals surface area contributed by atoms with Crippen LogP contribution in [0.3, 0.4) is 0 Å². The summed E-state index contributed by atoms with van der Waals surface area (Å²) in [5.74, 6) is 0. The van der Waals surface area contributed by atoms with E-state index >= 15 is 0 Å². The van der Waals surface area contributed by atoms with Crippen LogP contribution < -0.4 is 5.73 Å². The Bertz CT molecular complexity index is 597. The molecule has 0 heterocycles. The van der Waals surface area contributed by atoms with E-state index in [1.165, 1.54) is 11.1 Å². The lowest BCUT2D eigenvalue weighted by molar-refractivity contribution is 1.27. The lowest BCUT2D eigenvalue weighted by Crippen LogP contribution is -1.89. The molecule has 0 aliphatic rings. The van der Waals surface area contributed by atoms with E-state index in [2.05, 4.69) is 32.0 Å². The summed E-state index contributed by atoms with van der Waals surface area (Å²) in [5, 5.41) is 1.01. The maximum atomic E-state index is 6.01. The molecule has 0 unspecified atom stereocenters. The van der Waals surface area contributed by atoms with Crippen LogP contribution in [0.2, 0.25) is 10.0 Å². The lowest BCUT2D eigenvalue weighted by Gasteiger charge is -2.09. The fraction of sp³-hybridized carbons (Fsp3) is 0.143. The number of halogens is 2. The number of hydrogen-bond acceptors (Lipinski definition) is 2. The summed E-state index contributed by atoms with van der Waals surface area (Å²) in [6, 6.07) is 9.81. The number of benzene rings is 2. The minimum absolute atomic E-state index is 0.485. The quantitative estimate of drug-likeness (QED) is 0.757. The van der Waals surface area contributed by atoms with E-state index < -0.39 is 0 Å². The van der Waals surface area contributed by atoms with Crippen LogP contribution in [0.4, 0.5) is 5.69 Å². The van der Waals surface area contributed by atoms with Crippen molar-refractivity contribution in [2.45, 2.75) is 23.6 Å². The van der Waals surface area contributed by atoms with Crippen LogP contribution >= 0.6 is 35.0 Å². The van der Waals surface area contributed by atoms with Crippen LogP contribution in [0.25, 0.3) is 0 Å². The molecule has 0 saturated carbocycles. The number of anilines is 1. The summed E-state index contributed by atoms with van der Waals surface area (Å²) < 4.78 is 0. The number of nitrogens with two attached hydrogens (primary N) is 1. The molecular formula is C14H13Cl2NS. The number of rotatable bonds is 2. The molecule has 0 bridgehead atoms. The minimum atomic E-state index is 0.485. The van der Waals surface area contributed by atoms with Crippen molar-refractivity contribution in [3.05, 3.63) is 51.5 Å². The van der Waals surface area contributed by atoms with Gasteiger partial charge in [-0.3, -0.25) is 0 Å². The van der Waals surface area contributed by atoms with Crippen LogP contribution in [0, 0.1) is 13.8 Å². The molecule has 0 radical (unpaired) electrons. The van der Waals surface area contributed by atoms with E-state index in [1.54, 1.807) is 23.9 Å². The number of nitrogen functional groups attached to an aromatic ring is 1. The first-order valence-corrected chi connectivity index (χ1v) is 7.04. The number of aryl methyl sites for hydroxylation is 2. The molecule has 0 aliphatic carbocycles. The Labute approximate surface area is 121 Å². The summed E-state index contributed by atoms with van der Waals surface area (Å²) in [7, 11) is 0. The van der Waals surface area contributed by atoms with Crippen molar-refractivity contribution in [1.29, 1.82) is 0 Å². The van der Waals surface area contributed by atoms with Crippen LogP contribution in [-0.4, -0.2) is 0 Å². The first-order valence-electron chi connectivity index (χ1n) is 5.47. The highest BCUT2D eigenvalue weighted by Crippen LogP contribution is 2.37. The van der Waals surface area contributed by atoms with Gasteiger partial charge in [-0.25, -0.2) is 0 Å². The van der Waals surface area contributed by atoms with Crippen LogP contribution in [0.15, 0.2) is 40.1 Å². The summed E-state index contributed by atoms with van der Waals surface area (Å²) in [5.41, 5.74) is 9.13. The first kappa shape index (κ1) is 13.6. The summed E-state index contributed by atoms with van der Waals surface area (Å²) in [6.07, 6.45) is 0. The van der Waals surface area contributed by atoms with Crippen LogP contribution in [0.5, 0.6) is 0 Å². The van der Waals surface area contributed by atoms with Crippen molar-refractivity contribution in [2.24, 2.45) is 0 Å². The van der Waals surface area contributed by atoms with E-state index in [9.17, 15) is 0 Å². The molecule has 18 heavy (non-hydrogen) atoms. The van der Waals surface area contributed by atoms with Crippen LogP contribution in [-0.2, 0) is 0 Å². The highest BCUT2D eigenvalue weighted by Gasteiger charge is 2.07. The summed E-state index contributed by atoms with van der Waals surface area (Å²) in [6.45, 7) is 4.19. The monoisotopic (exact) mass is 297 g/mol. The summed E-state index contributed by atoms with van der Waals surface area (Å²) >= 11 is 13.5. The maximum absolute atomic E-state index is 6.01. The van der Waals surface area contributed by atoms with Gasteiger partial charge in [0.1, 0.15) is 0 Å². The van der Waals surface area contributed by atoms with Crippen molar-refractivity contribution >= 4 is 40.7 Å². The Morgan fingerprint density at radius 2 is 1.61 bits per heavy atom. The molecule has 0 atom stereocenters. The third-order valence-electron chi connectivity index (χ3n) is 2.76. The van der Waals surface area contributed by atoms with Gasteiger partial charge in [0.2, 0.25) is 0 Å². The second-order valence-electron chi connectivity index (χ2n) is 4.15. The predicted octanol–water partition coefficient (Wildman–Crippen LogP) is 5.34. The van der Waals surface area contributed by atoms with Gasteiger partial charge in [-0.15, -0.1) is 0 Å². The Kier molecular flexibility index (Phi) is 4.10. The topological polar surface area (TPSA) is 26.0 Å². The van der Waals surface area contributed by atoms with E-state index in [0.717, 1.165) is 9.79 Å². The zero-order valence-electron chi connectivity index (χ0n) is 10.1. The average molecular weight is 298 g/mol. The molecule has 0 spiro atoms. The van der Waals surface area contributed by atoms with Crippen molar-refractivity contribution in [3.63, 3.8) is 0 Å². The fourth-order valence-corrected chi connectivity index (χ4v) is 2.92. The summed E-state index contributed by atoms with van der Waals surface area (Å²) in [4.78, 5) is 2.07. The molecule has 2 aromatic rings. The largest absolute Gasteiger partial charge is 0.398 e. The molecule has 0 aliphatic heterocycles. The van der Waals surface area contributed by atoms with E-state index in [1.807, 2.05) is 0 Å². The van der Waals surface area contributed by atoms with Gasteiger partial charge in [0.05, 0.1) is 10.0 Å². The molecule has 2 N–H and O–H groups in total. The lowest BCUT2D eigenvalue weighted by atomic mass is 10.1. The van der Waals surface area contributed by atoms with Crippen LogP contribution in [0.1, 0.15) is 11.1 Å². The minimum Gasteiger partial charge on any atom is -0.398 e. The fourth-order valence-electron chi connectivity index (χ4n) is 1.54. The molecule has 0 fully saturated rings. The molecular weight excluding hydrogens is 285 g/mol. The standard InChI is InChI=1S/C14H13Cl2NS/c1-8-3-4-10(5-9(8)2)18-14-7-12(16)11(15)6-13(14)17/h3-7H,17H2,1-2H3. The Balaban J connectivity index is 2.34. The second-order valence-corrected chi connectivity index (χ2v) is 6.08. The zero-order valence-corrected chi connectivity index (χ0v) is 12.5. The predicted molar refractivity (Wildman–Crippen MR) is 80.9 cm³/mol. The average Bonchev–Trinajstić information content (AvgIpc) is 2.31. The van der Waals surface area contributed by atoms with Gasteiger partial charge in [0.25, 0.3) is 0 Å². The molecule has 1 nitrogen and oxygen atoms in total. The van der Waals surface area contributed by atoms with E-state index in [0.29, 0.717) is 15.7 Å². The van der Waals surface area contributed by atoms with Gasteiger partial charge >= 0.3 is 0 Å². The molecule has 0 aromatic heterocycles. The third-order valence-corrected chi connectivity index (χ3v) is 4.54. The third kappa shape index (κ3) is 2.94. The van der Waals surface area contributed by atoms with Crippen molar-refractivity contribution in [3.8, 4) is 0 Å². The van der Waals surface area contributed by atoms with E-state index in [-0.39, 0.29) is 0 Å². The highest BCUT2D eigenvalue weighted by atomic mass is 35.5. The second kappa shape index (κ2) is 5.43. The molecule has 2 rings (SSSR count). The molecule has 0 saturated heterocycles. The Morgan fingerprint density at radius 3 is 2.28 bits per heavy atom. The molecule has 2 aromatic carbocycles. The van der Waals surface area contributed by atoms with E-state index in [4.69, 9.17) is 28.9 Å². The van der Waals surface area contributed by atoms with Gasteiger partial charge in [0, 0.05) is 15.5 Å². The van der Waals surface area contributed by atoms with Gasteiger partial charge in [0.15, 0.2) is 0 Å². The smallest absolute Gasteiger partial charge is 0.0613 e. The Morgan fingerprint density at radius 1 is 0.944 bits per heavy atom. The van der Waals surface area contributed by atoms with Gasteiger partial charge in [-0.1, -0.05) is 41.0 Å². The SMILES string of the molecule is Cc1ccc(Sc2cc(Cl)c(Cl)cc2N)cc1C. The van der Waals surface area contributed by atoms with Crippen molar-refractivity contribution in [2.75, 3.05) is 5.73 Å². The number of hydrogen-bond donors (Lipinski definition) is 1. The molecule has 94 valence electrons. The highest BCUT2D eigenvalue weighted by molar-refractivity contribution is 7.99. The van der Waals surface area contributed by atoms with Gasteiger partial charge < -0.3 is 5.73 Å². The van der Waals surface area contributed by atoms with Crippen molar-refractivity contribution < 1.29 is 0 Å².